The van der Waals surface area contributed by atoms with Crippen LogP contribution in [-0.2, 0) is 9.59 Å². The average Bonchev–Trinajstić information content (AvgIpc) is 2.48. The van der Waals surface area contributed by atoms with E-state index in [4.69, 9.17) is 4.74 Å². The summed E-state index contributed by atoms with van der Waals surface area (Å²) in [5.41, 5.74) is 0.650. The second-order valence-corrected chi connectivity index (χ2v) is 4.98. The van der Waals surface area contributed by atoms with Gasteiger partial charge < -0.3 is 15.4 Å². The number of ether oxygens (including phenoxy) is 1. The predicted octanol–water partition coefficient (Wildman–Crippen LogP) is 2.96. The molecular weight excluding hydrogens is 315 g/mol. The van der Waals surface area contributed by atoms with Gasteiger partial charge in [-0.3, -0.25) is 9.59 Å². The van der Waals surface area contributed by atoms with Gasteiger partial charge in [0.2, 0.25) is 11.8 Å². The number of halogens is 1. The number of hydrogen-bond donors (Lipinski definition) is 2. The van der Waals surface area contributed by atoms with Gasteiger partial charge in [0, 0.05) is 25.2 Å². The zero-order valence-corrected chi connectivity index (χ0v) is 13.1. The monoisotopic (exact) mass is 330 g/mol. The minimum Gasteiger partial charge on any atom is -0.420 e. The van der Waals surface area contributed by atoms with Crippen LogP contribution in [0.25, 0.3) is 0 Å². The molecule has 0 aromatic heterocycles. The molecule has 24 heavy (non-hydrogen) atoms. The van der Waals surface area contributed by atoms with Crippen LogP contribution in [0, 0.1) is 5.82 Å². The van der Waals surface area contributed by atoms with E-state index in [1.165, 1.54) is 56.3 Å². The summed E-state index contributed by atoms with van der Waals surface area (Å²) in [7, 11) is 0. The number of para-hydroxylation sites is 1. The Morgan fingerprint density at radius 2 is 1.46 bits per heavy atom. The van der Waals surface area contributed by atoms with Gasteiger partial charge >= 0.3 is 5.97 Å². The second-order valence-electron chi connectivity index (χ2n) is 4.98. The van der Waals surface area contributed by atoms with Crippen LogP contribution in [0.5, 0.6) is 5.75 Å². The Hall–Kier alpha value is -3.22. The molecule has 2 rings (SSSR count). The first-order valence-electron chi connectivity index (χ1n) is 7.02. The Morgan fingerprint density at radius 3 is 1.96 bits per heavy atom. The molecule has 6 nitrogen and oxygen atoms in total. The molecule has 0 bridgehead atoms. The van der Waals surface area contributed by atoms with Gasteiger partial charge in [0.1, 0.15) is 0 Å². The molecule has 2 aromatic rings. The zero-order chi connectivity index (χ0) is 17.7. The molecule has 0 aliphatic carbocycles. The van der Waals surface area contributed by atoms with Crippen molar-refractivity contribution >= 4 is 29.2 Å². The van der Waals surface area contributed by atoms with Crippen LogP contribution in [0.15, 0.2) is 42.5 Å². The van der Waals surface area contributed by atoms with E-state index in [1.807, 2.05) is 0 Å². The first-order valence-corrected chi connectivity index (χ1v) is 7.02. The highest BCUT2D eigenvalue weighted by molar-refractivity contribution is 5.98. The Labute approximate surface area is 137 Å². The number of amides is 2. The molecular formula is C17H15FN2O4. The molecule has 124 valence electrons. The maximum Gasteiger partial charge on any atom is 0.343 e. The number of hydrogen-bond acceptors (Lipinski definition) is 4. The molecule has 2 aromatic carbocycles. The maximum atomic E-state index is 13.6. The number of esters is 1. The van der Waals surface area contributed by atoms with Crippen molar-refractivity contribution in [3.05, 3.63) is 53.8 Å². The largest absolute Gasteiger partial charge is 0.420 e. The van der Waals surface area contributed by atoms with Crippen molar-refractivity contribution in [1.82, 2.24) is 0 Å². The van der Waals surface area contributed by atoms with E-state index in [1.54, 1.807) is 0 Å². The highest BCUT2D eigenvalue weighted by atomic mass is 19.1. The van der Waals surface area contributed by atoms with Crippen molar-refractivity contribution in [3.63, 3.8) is 0 Å². The number of rotatable bonds is 4. The van der Waals surface area contributed by atoms with Crippen molar-refractivity contribution in [2.45, 2.75) is 13.8 Å². The minimum atomic E-state index is -0.820. The van der Waals surface area contributed by atoms with E-state index in [-0.39, 0.29) is 23.1 Å². The van der Waals surface area contributed by atoms with Crippen LogP contribution < -0.4 is 15.4 Å². The quantitative estimate of drug-likeness (QED) is 0.667. The van der Waals surface area contributed by atoms with Gasteiger partial charge in [-0.05, 0) is 30.3 Å². The van der Waals surface area contributed by atoms with Crippen molar-refractivity contribution in [3.8, 4) is 5.75 Å². The fourth-order valence-electron chi connectivity index (χ4n) is 1.98. The van der Waals surface area contributed by atoms with Crippen LogP contribution in [-0.4, -0.2) is 17.8 Å². The fourth-order valence-corrected chi connectivity index (χ4v) is 1.98. The van der Waals surface area contributed by atoms with Crippen LogP contribution in [0.4, 0.5) is 15.8 Å². The van der Waals surface area contributed by atoms with Gasteiger partial charge in [-0.15, -0.1) is 0 Å². The van der Waals surface area contributed by atoms with Crippen molar-refractivity contribution in [2.24, 2.45) is 0 Å². The molecule has 7 heteroatoms. The van der Waals surface area contributed by atoms with Crippen LogP contribution in [0.3, 0.4) is 0 Å². The Morgan fingerprint density at radius 1 is 0.917 bits per heavy atom. The maximum absolute atomic E-state index is 13.6. The molecule has 0 fully saturated rings. The third kappa shape index (κ3) is 4.64. The van der Waals surface area contributed by atoms with E-state index in [2.05, 4.69) is 10.6 Å². The van der Waals surface area contributed by atoms with Gasteiger partial charge in [0.25, 0.3) is 0 Å². The van der Waals surface area contributed by atoms with E-state index in [0.717, 1.165) is 0 Å². The number of anilines is 2. The summed E-state index contributed by atoms with van der Waals surface area (Å²) in [6.07, 6.45) is 0. The predicted molar refractivity (Wildman–Crippen MR) is 86.4 cm³/mol. The lowest BCUT2D eigenvalue weighted by atomic mass is 10.1. The molecule has 0 atom stereocenters. The van der Waals surface area contributed by atoms with E-state index >= 15 is 0 Å². The topological polar surface area (TPSA) is 84.5 Å². The van der Waals surface area contributed by atoms with Gasteiger partial charge in [-0.2, -0.15) is 0 Å². The summed E-state index contributed by atoms with van der Waals surface area (Å²) in [5.74, 6) is -2.40. The van der Waals surface area contributed by atoms with Crippen molar-refractivity contribution in [1.29, 1.82) is 0 Å². The Balaban J connectivity index is 2.32. The molecule has 0 unspecified atom stereocenters. The summed E-state index contributed by atoms with van der Waals surface area (Å²) in [4.78, 5) is 34.6. The zero-order valence-electron chi connectivity index (χ0n) is 13.1. The van der Waals surface area contributed by atoms with E-state index in [0.29, 0.717) is 11.4 Å². The van der Waals surface area contributed by atoms with Gasteiger partial charge in [0.15, 0.2) is 11.6 Å². The molecule has 0 radical (unpaired) electrons. The van der Waals surface area contributed by atoms with E-state index in [9.17, 15) is 18.8 Å². The summed E-state index contributed by atoms with van der Waals surface area (Å²) >= 11 is 0. The minimum absolute atomic E-state index is 0.0493. The smallest absolute Gasteiger partial charge is 0.343 e. The van der Waals surface area contributed by atoms with Crippen molar-refractivity contribution in [2.75, 3.05) is 10.6 Å². The lowest BCUT2D eigenvalue weighted by molar-refractivity contribution is -0.115. The molecule has 2 N–H and O–H groups in total. The Bertz CT molecular complexity index is 771. The third-order valence-corrected chi connectivity index (χ3v) is 2.85. The summed E-state index contributed by atoms with van der Waals surface area (Å²) in [6, 6.07) is 9.72. The SMILES string of the molecule is CC(=O)Nc1cc(NC(C)=O)cc(C(=O)Oc2ccccc2F)c1. The highest BCUT2D eigenvalue weighted by Crippen LogP contribution is 2.22. The van der Waals surface area contributed by atoms with Gasteiger partial charge in [-0.25, -0.2) is 9.18 Å². The average molecular weight is 330 g/mol. The Kier molecular flexibility index (Phi) is 5.26. The molecule has 0 aliphatic rings. The fraction of sp³-hybridized carbons (Fsp3) is 0.118. The molecule has 2 amide bonds. The summed E-state index contributed by atoms with van der Waals surface area (Å²) < 4.78 is 18.6. The molecule has 0 spiro atoms. The summed E-state index contributed by atoms with van der Waals surface area (Å²) in [5, 5.41) is 5.03. The number of carbonyl (C=O) groups is 3. The second kappa shape index (κ2) is 7.36. The summed E-state index contributed by atoms with van der Waals surface area (Å²) in [6.45, 7) is 2.62. The third-order valence-electron chi connectivity index (χ3n) is 2.85. The standard InChI is InChI=1S/C17H15FN2O4/c1-10(21)19-13-7-12(8-14(9-13)20-11(2)22)17(23)24-16-6-4-3-5-15(16)18/h3-9H,1-2H3,(H,19,21)(H,20,22). The number of carbonyl (C=O) groups excluding carboxylic acids is 3. The van der Waals surface area contributed by atoms with Gasteiger partial charge in [-0.1, -0.05) is 12.1 Å². The van der Waals surface area contributed by atoms with Crippen LogP contribution in [0.2, 0.25) is 0 Å². The molecule has 0 heterocycles. The highest BCUT2D eigenvalue weighted by Gasteiger charge is 2.14. The first-order chi connectivity index (χ1) is 11.3. The van der Waals surface area contributed by atoms with Crippen molar-refractivity contribution < 1.29 is 23.5 Å². The molecule has 0 saturated heterocycles. The van der Waals surface area contributed by atoms with Gasteiger partial charge in [0.05, 0.1) is 5.56 Å². The first kappa shape index (κ1) is 17.1. The van der Waals surface area contributed by atoms with Crippen LogP contribution >= 0.6 is 0 Å². The molecule has 0 saturated carbocycles. The lowest BCUT2D eigenvalue weighted by Crippen LogP contribution is -2.13. The lowest BCUT2D eigenvalue weighted by Gasteiger charge is -2.11. The van der Waals surface area contributed by atoms with E-state index < -0.39 is 11.8 Å². The number of nitrogens with one attached hydrogen (secondary N) is 2. The normalized spacial score (nSPS) is 9.96. The number of benzene rings is 2. The molecule has 0 aliphatic heterocycles. The van der Waals surface area contributed by atoms with Crippen LogP contribution in [0.1, 0.15) is 24.2 Å².